The molecule has 0 bridgehead atoms. The normalized spacial score (nSPS) is 22.2. The first-order valence-electron chi connectivity index (χ1n) is 8.05. The molecule has 0 radical (unpaired) electrons. The van der Waals surface area contributed by atoms with Crippen LogP contribution < -0.4 is 10.5 Å². The number of nitrogens with zero attached hydrogens (tertiary/aromatic N) is 2. The molecule has 1 aromatic carbocycles. The van der Waals surface area contributed by atoms with Gasteiger partial charge in [0.25, 0.3) is 0 Å². The summed E-state index contributed by atoms with van der Waals surface area (Å²) >= 11 is 0. The molecular weight excluding hydrogens is 262 g/mol. The number of benzene rings is 1. The maximum Gasteiger partial charge on any atom is 0.119 e. The number of piperazine rings is 1. The van der Waals surface area contributed by atoms with Crippen molar-refractivity contribution in [3.63, 3.8) is 0 Å². The lowest BCUT2D eigenvalue weighted by atomic mass is 10.1. The Labute approximate surface area is 128 Å². The van der Waals surface area contributed by atoms with Crippen molar-refractivity contribution >= 4 is 0 Å². The third-order valence-corrected chi connectivity index (χ3v) is 4.41. The molecule has 0 aliphatic carbocycles. The summed E-state index contributed by atoms with van der Waals surface area (Å²) in [6.07, 6.45) is 1.20. The zero-order valence-electron chi connectivity index (χ0n) is 13.6. The van der Waals surface area contributed by atoms with Crippen molar-refractivity contribution in [2.75, 3.05) is 39.8 Å². The fourth-order valence-electron chi connectivity index (χ4n) is 2.98. The molecule has 4 nitrogen and oxygen atoms in total. The Hall–Kier alpha value is -1.10. The molecule has 1 aliphatic rings. The number of hydrogen-bond acceptors (Lipinski definition) is 4. The maximum atomic E-state index is 6.38. The second kappa shape index (κ2) is 7.78. The van der Waals surface area contributed by atoms with E-state index in [1.807, 2.05) is 19.1 Å². The Morgan fingerprint density at radius 1 is 1.24 bits per heavy atom. The molecule has 118 valence electrons. The molecule has 0 aromatic heterocycles. The van der Waals surface area contributed by atoms with Gasteiger partial charge in [-0.15, -0.1) is 0 Å². The number of rotatable bonds is 6. The lowest BCUT2D eigenvalue weighted by Gasteiger charge is -2.40. The number of hydrogen-bond donors (Lipinski definition) is 1. The summed E-state index contributed by atoms with van der Waals surface area (Å²) in [4.78, 5) is 4.95. The van der Waals surface area contributed by atoms with E-state index in [0.29, 0.717) is 12.6 Å². The molecule has 0 saturated carbocycles. The summed E-state index contributed by atoms with van der Waals surface area (Å²) in [5.74, 6) is 0.916. The average molecular weight is 291 g/mol. The molecule has 2 rings (SSSR count). The summed E-state index contributed by atoms with van der Waals surface area (Å²) < 4.78 is 5.47. The van der Waals surface area contributed by atoms with E-state index in [2.05, 4.69) is 35.9 Å². The SMILES string of the molecule is CCOc1ccc(C(N)CN2CCN(C)C(CC)C2)cc1. The fraction of sp³-hybridized carbons (Fsp3) is 0.647. The molecule has 0 amide bonds. The molecule has 1 saturated heterocycles. The van der Waals surface area contributed by atoms with Gasteiger partial charge in [-0.25, -0.2) is 0 Å². The zero-order valence-corrected chi connectivity index (χ0v) is 13.6. The smallest absolute Gasteiger partial charge is 0.119 e. The van der Waals surface area contributed by atoms with Crippen LogP contribution in [0.1, 0.15) is 31.9 Å². The van der Waals surface area contributed by atoms with E-state index in [0.717, 1.165) is 31.9 Å². The quantitative estimate of drug-likeness (QED) is 0.871. The van der Waals surface area contributed by atoms with Crippen LogP contribution in [0.5, 0.6) is 5.75 Å². The van der Waals surface area contributed by atoms with E-state index in [4.69, 9.17) is 10.5 Å². The lowest BCUT2D eigenvalue weighted by Crippen LogP contribution is -2.52. The lowest BCUT2D eigenvalue weighted by molar-refractivity contribution is 0.0890. The van der Waals surface area contributed by atoms with Crippen molar-refractivity contribution in [2.45, 2.75) is 32.4 Å². The minimum atomic E-state index is 0.0709. The molecule has 1 heterocycles. The maximum absolute atomic E-state index is 6.38. The Morgan fingerprint density at radius 2 is 1.95 bits per heavy atom. The van der Waals surface area contributed by atoms with Crippen molar-refractivity contribution in [1.29, 1.82) is 0 Å². The molecule has 0 spiro atoms. The third-order valence-electron chi connectivity index (χ3n) is 4.41. The molecule has 1 aromatic rings. The van der Waals surface area contributed by atoms with Gasteiger partial charge >= 0.3 is 0 Å². The van der Waals surface area contributed by atoms with Crippen LogP contribution >= 0.6 is 0 Å². The molecule has 1 aliphatic heterocycles. The molecule has 2 atom stereocenters. The van der Waals surface area contributed by atoms with Crippen molar-refractivity contribution in [2.24, 2.45) is 5.73 Å². The second-order valence-electron chi connectivity index (χ2n) is 5.91. The summed E-state index contributed by atoms with van der Waals surface area (Å²) in [5, 5.41) is 0. The summed E-state index contributed by atoms with van der Waals surface area (Å²) in [6.45, 7) is 9.25. The van der Waals surface area contributed by atoms with Crippen molar-refractivity contribution in [3.8, 4) is 5.75 Å². The average Bonchev–Trinajstić information content (AvgIpc) is 2.50. The van der Waals surface area contributed by atoms with Crippen LogP contribution in [-0.4, -0.2) is 55.7 Å². The highest BCUT2D eigenvalue weighted by Gasteiger charge is 2.24. The van der Waals surface area contributed by atoms with Crippen molar-refractivity contribution in [3.05, 3.63) is 29.8 Å². The molecule has 4 heteroatoms. The largest absolute Gasteiger partial charge is 0.494 e. The number of likely N-dealkylation sites (N-methyl/N-ethyl adjacent to an activating group) is 1. The van der Waals surface area contributed by atoms with E-state index >= 15 is 0 Å². The monoisotopic (exact) mass is 291 g/mol. The van der Waals surface area contributed by atoms with E-state index in [9.17, 15) is 0 Å². The Morgan fingerprint density at radius 3 is 2.57 bits per heavy atom. The van der Waals surface area contributed by atoms with Gasteiger partial charge in [-0.05, 0) is 38.1 Å². The Bertz CT molecular complexity index is 421. The van der Waals surface area contributed by atoms with Gasteiger partial charge in [-0.1, -0.05) is 19.1 Å². The fourth-order valence-corrected chi connectivity index (χ4v) is 2.98. The van der Waals surface area contributed by atoms with Crippen LogP contribution in [0.4, 0.5) is 0 Å². The zero-order chi connectivity index (χ0) is 15.2. The van der Waals surface area contributed by atoms with Crippen LogP contribution in [-0.2, 0) is 0 Å². The minimum Gasteiger partial charge on any atom is -0.494 e. The van der Waals surface area contributed by atoms with Crippen LogP contribution in [0.25, 0.3) is 0 Å². The highest BCUT2D eigenvalue weighted by molar-refractivity contribution is 5.29. The number of nitrogens with two attached hydrogens (primary N) is 1. The van der Waals surface area contributed by atoms with Gasteiger partial charge in [-0.2, -0.15) is 0 Å². The van der Waals surface area contributed by atoms with Gasteiger partial charge in [-0.3, -0.25) is 4.90 Å². The first-order valence-corrected chi connectivity index (χ1v) is 8.05. The summed E-state index contributed by atoms with van der Waals surface area (Å²) in [7, 11) is 2.22. The van der Waals surface area contributed by atoms with Gasteiger partial charge in [0.1, 0.15) is 5.75 Å². The van der Waals surface area contributed by atoms with Gasteiger partial charge in [0, 0.05) is 38.3 Å². The standard InChI is InChI=1S/C17H29N3O/c1-4-15-12-20(11-10-19(15)3)13-17(18)14-6-8-16(9-7-14)21-5-2/h6-9,15,17H,4-5,10-13,18H2,1-3H3. The number of ether oxygens (including phenoxy) is 1. The topological polar surface area (TPSA) is 41.7 Å². The molecule has 21 heavy (non-hydrogen) atoms. The van der Waals surface area contributed by atoms with Gasteiger partial charge in [0.2, 0.25) is 0 Å². The summed E-state index contributed by atoms with van der Waals surface area (Å²) in [6, 6.07) is 8.93. The van der Waals surface area contributed by atoms with Gasteiger partial charge in [0.05, 0.1) is 6.61 Å². The van der Waals surface area contributed by atoms with Crippen LogP contribution in [0.15, 0.2) is 24.3 Å². The van der Waals surface area contributed by atoms with E-state index < -0.39 is 0 Å². The minimum absolute atomic E-state index is 0.0709. The van der Waals surface area contributed by atoms with Crippen LogP contribution in [0.2, 0.25) is 0 Å². The second-order valence-corrected chi connectivity index (χ2v) is 5.91. The van der Waals surface area contributed by atoms with Crippen LogP contribution in [0.3, 0.4) is 0 Å². The van der Waals surface area contributed by atoms with E-state index in [1.165, 1.54) is 12.0 Å². The predicted octanol–water partition coefficient (Wildman–Crippen LogP) is 2.11. The third kappa shape index (κ3) is 4.43. The Kier molecular flexibility index (Phi) is 6.03. The van der Waals surface area contributed by atoms with Crippen molar-refractivity contribution in [1.82, 2.24) is 9.80 Å². The van der Waals surface area contributed by atoms with E-state index in [-0.39, 0.29) is 6.04 Å². The van der Waals surface area contributed by atoms with Crippen LogP contribution in [0, 0.1) is 0 Å². The highest BCUT2D eigenvalue weighted by Crippen LogP contribution is 2.19. The first kappa shape index (κ1) is 16.3. The first-order chi connectivity index (χ1) is 10.1. The van der Waals surface area contributed by atoms with Gasteiger partial charge in [0.15, 0.2) is 0 Å². The van der Waals surface area contributed by atoms with Crippen molar-refractivity contribution < 1.29 is 4.74 Å². The highest BCUT2D eigenvalue weighted by atomic mass is 16.5. The Balaban J connectivity index is 1.90. The molecule has 2 unspecified atom stereocenters. The predicted molar refractivity (Wildman–Crippen MR) is 87.7 cm³/mol. The van der Waals surface area contributed by atoms with E-state index in [1.54, 1.807) is 0 Å². The summed E-state index contributed by atoms with van der Waals surface area (Å²) in [5.41, 5.74) is 7.56. The molecular formula is C17H29N3O. The molecule has 2 N–H and O–H groups in total. The molecule has 1 fully saturated rings. The van der Waals surface area contributed by atoms with Gasteiger partial charge < -0.3 is 15.4 Å².